The molecule has 29 heavy (non-hydrogen) atoms. The lowest BCUT2D eigenvalue weighted by Gasteiger charge is -2.40. The Bertz CT molecular complexity index is 1060. The zero-order chi connectivity index (χ0) is 20.8. The minimum Gasteiger partial charge on any atom is -0.331 e. The van der Waals surface area contributed by atoms with Crippen molar-refractivity contribution >= 4 is 22.5 Å². The summed E-state index contributed by atoms with van der Waals surface area (Å²) in [6, 6.07) is 8.04. The number of rotatable bonds is 5. The second kappa shape index (κ2) is 7.22. The maximum absolute atomic E-state index is 13.7. The molecule has 1 saturated heterocycles. The van der Waals surface area contributed by atoms with Gasteiger partial charge in [0, 0.05) is 43.8 Å². The van der Waals surface area contributed by atoms with Crippen LogP contribution in [0.25, 0.3) is 22.0 Å². The van der Waals surface area contributed by atoms with Crippen molar-refractivity contribution in [1.82, 2.24) is 19.4 Å². The summed E-state index contributed by atoms with van der Waals surface area (Å²) in [5.41, 5.74) is 0.857. The molecule has 1 fully saturated rings. The number of alkyl halides is 1. The number of amides is 1. The maximum Gasteiger partial charge on any atom is 0.231 e. The number of hydrogen-bond acceptors (Lipinski definition) is 4. The zero-order valence-electron chi connectivity index (χ0n) is 17.2. The van der Waals surface area contributed by atoms with Gasteiger partial charge in [0.25, 0.3) is 0 Å². The largest absolute Gasteiger partial charge is 0.331 e. The Morgan fingerprint density at radius 2 is 1.97 bits per heavy atom. The number of hydrogen-bond donors (Lipinski definition) is 1. The molecule has 1 aliphatic rings. The lowest BCUT2D eigenvalue weighted by molar-refractivity contribution is -0.125. The molecule has 1 aliphatic heterocycles. The summed E-state index contributed by atoms with van der Waals surface area (Å²) in [5.74, 6) is 1.29. The van der Waals surface area contributed by atoms with Crippen LogP contribution in [0.3, 0.4) is 0 Å². The van der Waals surface area contributed by atoms with Crippen LogP contribution in [0.2, 0.25) is 0 Å². The Morgan fingerprint density at radius 3 is 2.62 bits per heavy atom. The van der Waals surface area contributed by atoms with E-state index in [0.717, 1.165) is 27.9 Å². The van der Waals surface area contributed by atoms with Crippen molar-refractivity contribution in [3.63, 3.8) is 0 Å². The van der Waals surface area contributed by atoms with Crippen molar-refractivity contribution in [3.8, 4) is 11.3 Å². The molecule has 2 aromatic heterocycles. The second-order valence-electron chi connectivity index (χ2n) is 8.48. The van der Waals surface area contributed by atoms with Crippen LogP contribution in [0.15, 0.2) is 36.7 Å². The van der Waals surface area contributed by atoms with E-state index in [0.29, 0.717) is 25.5 Å². The van der Waals surface area contributed by atoms with Crippen molar-refractivity contribution in [2.75, 3.05) is 25.0 Å². The predicted octanol–water partition coefficient (Wildman–Crippen LogP) is 3.56. The third-order valence-corrected chi connectivity index (χ3v) is 5.42. The highest BCUT2D eigenvalue weighted by atomic mass is 19.1. The first-order valence-electron chi connectivity index (χ1n) is 9.80. The topological polar surface area (TPSA) is 63.1 Å². The number of nitrogens with zero attached hydrogens (tertiary/aromatic N) is 4. The van der Waals surface area contributed by atoms with Crippen molar-refractivity contribution in [3.05, 3.63) is 42.5 Å². The lowest BCUT2D eigenvalue weighted by atomic mass is 9.97. The zero-order valence-corrected chi connectivity index (χ0v) is 17.2. The molecule has 6 nitrogen and oxygen atoms in total. The van der Waals surface area contributed by atoms with Gasteiger partial charge in [-0.25, -0.2) is 14.4 Å². The monoisotopic (exact) mass is 395 g/mol. The Kier molecular flexibility index (Phi) is 4.86. The number of aryl methyl sites for hydroxylation is 1. The number of imidazole rings is 1. The average molecular weight is 395 g/mol. The first-order chi connectivity index (χ1) is 13.7. The molecule has 0 radical (unpaired) electrons. The Labute approximate surface area is 169 Å². The van der Waals surface area contributed by atoms with Crippen LogP contribution in [-0.4, -0.2) is 50.6 Å². The molecule has 3 heterocycles. The van der Waals surface area contributed by atoms with Gasteiger partial charge in [-0.2, -0.15) is 0 Å². The van der Waals surface area contributed by atoms with Crippen LogP contribution >= 0.6 is 0 Å². The molecular weight excluding hydrogens is 369 g/mol. The van der Waals surface area contributed by atoms with Gasteiger partial charge in [0.15, 0.2) is 0 Å². The van der Waals surface area contributed by atoms with E-state index in [4.69, 9.17) is 0 Å². The smallest absolute Gasteiger partial charge is 0.231 e. The van der Waals surface area contributed by atoms with Crippen LogP contribution < -0.4 is 5.32 Å². The number of halogens is 1. The van der Waals surface area contributed by atoms with Gasteiger partial charge in [0.2, 0.25) is 5.91 Å². The van der Waals surface area contributed by atoms with Gasteiger partial charge in [-0.1, -0.05) is 12.1 Å². The van der Waals surface area contributed by atoms with Gasteiger partial charge in [0.1, 0.15) is 17.3 Å². The summed E-state index contributed by atoms with van der Waals surface area (Å²) in [5, 5.41) is 4.91. The second-order valence-corrected chi connectivity index (χ2v) is 8.48. The fourth-order valence-electron chi connectivity index (χ4n) is 3.76. The standard InChI is InChI=1S/C22H26FN5O/c1-14-24-10-19(27(14)4)15-5-6-16-9-25-20(8-17(16)7-15)26-21(29)18-11-28(12-18)13-22(2,3)23/h5-10,18H,11-13H2,1-4H3,(H,25,26,29). The number of nitrogens with one attached hydrogen (secondary N) is 1. The third-order valence-electron chi connectivity index (χ3n) is 5.42. The summed E-state index contributed by atoms with van der Waals surface area (Å²) in [4.78, 5) is 23.2. The van der Waals surface area contributed by atoms with Crippen LogP contribution in [0.1, 0.15) is 19.7 Å². The fourth-order valence-corrected chi connectivity index (χ4v) is 3.76. The molecule has 0 aliphatic carbocycles. The quantitative estimate of drug-likeness (QED) is 0.718. The van der Waals surface area contributed by atoms with Crippen molar-refractivity contribution in [2.24, 2.45) is 13.0 Å². The van der Waals surface area contributed by atoms with Crippen LogP contribution in [-0.2, 0) is 11.8 Å². The first kappa shape index (κ1) is 19.5. The predicted molar refractivity (Wildman–Crippen MR) is 112 cm³/mol. The van der Waals surface area contributed by atoms with Gasteiger partial charge < -0.3 is 9.88 Å². The van der Waals surface area contributed by atoms with Crippen LogP contribution in [0, 0.1) is 12.8 Å². The minimum absolute atomic E-state index is 0.0665. The minimum atomic E-state index is -1.24. The van der Waals surface area contributed by atoms with E-state index in [2.05, 4.69) is 21.4 Å². The SMILES string of the molecule is Cc1ncc(-c2ccc3cnc(NC(=O)C4CN(CC(C)(C)F)C4)cc3c2)n1C. The molecule has 152 valence electrons. The van der Waals surface area contributed by atoms with Crippen LogP contribution in [0.4, 0.5) is 10.2 Å². The molecule has 4 rings (SSSR count). The average Bonchev–Trinajstić information content (AvgIpc) is 2.95. The van der Waals surface area contributed by atoms with E-state index in [1.54, 1.807) is 20.0 Å². The molecule has 0 unspecified atom stereocenters. The van der Waals surface area contributed by atoms with E-state index >= 15 is 0 Å². The molecular formula is C22H26FN5O. The van der Waals surface area contributed by atoms with Gasteiger partial charge >= 0.3 is 0 Å². The Morgan fingerprint density at radius 1 is 1.21 bits per heavy atom. The summed E-state index contributed by atoms with van der Waals surface area (Å²) in [6.45, 7) is 6.59. The molecule has 1 N–H and O–H groups in total. The molecule has 0 saturated carbocycles. The molecule has 1 aromatic carbocycles. The highest BCUT2D eigenvalue weighted by Gasteiger charge is 2.35. The number of pyridine rings is 1. The van der Waals surface area contributed by atoms with Gasteiger partial charge in [0.05, 0.1) is 17.8 Å². The van der Waals surface area contributed by atoms with Crippen LogP contribution in [0.5, 0.6) is 0 Å². The van der Waals surface area contributed by atoms with E-state index in [1.165, 1.54) is 0 Å². The molecule has 3 aromatic rings. The molecule has 1 amide bonds. The third kappa shape index (κ3) is 4.15. The number of anilines is 1. The van der Waals surface area contributed by atoms with E-state index in [-0.39, 0.29) is 11.8 Å². The highest BCUT2D eigenvalue weighted by Crippen LogP contribution is 2.26. The summed E-state index contributed by atoms with van der Waals surface area (Å²) in [7, 11) is 1.99. The number of aromatic nitrogens is 3. The Balaban J connectivity index is 1.47. The summed E-state index contributed by atoms with van der Waals surface area (Å²) >= 11 is 0. The van der Waals surface area contributed by atoms with E-state index in [1.807, 2.05) is 47.8 Å². The number of carbonyl (C=O) groups excluding carboxylic acids is 1. The lowest BCUT2D eigenvalue weighted by Crippen LogP contribution is -2.55. The molecule has 0 bridgehead atoms. The van der Waals surface area contributed by atoms with Gasteiger partial charge in [-0.05, 0) is 38.3 Å². The summed E-state index contributed by atoms with van der Waals surface area (Å²) in [6.07, 6.45) is 3.63. The molecule has 0 spiro atoms. The van der Waals surface area contributed by atoms with E-state index < -0.39 is 5.67 Å². The number of carbonyl (C=O) groups is 1. The first-order valence-corrected chi connectivity index (χ1v) is 9.80. The van der Waals surface area contributed by atoms with Gasteiger partial charge in [-0.3, -0.25) is 9.69 Å². The van der Waals surface area contributed by atoms with Crippen molar-refractivity contribution in [2.45, 2.75) is 26.4 Å². The number of fused-ring (bicyclic) bond motifs is 1. The van der Waals surface area contributed by atoms with Crippen molar-refractivity contribution < 1.29 is 9.18 Å². The maximum atomic E-state index is 13.7. The van der Waals surface area contributed by atoms with Gasteiger partial charge in [-0.15, -0.1) is 0 Å². The highest BCUT2D eigenvalue weighted by molar-refractivity contribution is 5.95. The normalized spacial score (nSPS) is 15.5. The van der Waals surface area contributed by atoms with Crippen molar-refractivity contribution in [1.29, 1.82) is 0 Å². The van der Waals surface area contributed by atoms with E-state index in [9.17, 15) is 9.18 Å². The molecule has 0 atom stereocenters. The number of likely N-dealkylation sites (tertiary alicyclic amines) is 1. The fraction of sp³-hybridized carbons (Fsp3) is 0.409. The summed E-state index contributed by atoms with van der Waals surface area (Å²) < 4.78 is 15.8. The number of benzene rings is 1. The Hall–Kier alpha value is -2.80. The molecule has 7 heteroatoms.